The first-order valence-corrected chi connectivity index (χ1v) is 4.86. The van der Waals surface area contributed by atoms with Crippen LogP contribution in [0.5, 0.6) is 0 Å². The molecule has 0 atom stereocenters. The van der Waals surface area contributed by atoms with Crippen LogP contribution in [0.1, 0.15) is 27.2 Å². The zero-order valence-corrected chi connectivity index (χ0v) is 9.05. The van der Waals surface area contributed by atoms with Gasteiger partial charge in [-0.05, 0) is 5.41 Å². The summed E-state index contributed by atoms with van der Waals surface area (Å²) in [6, 6.07) is 0.426. The van der Waals surface area contributed by atoms with E-state index in [0.717, 1.165) is 13.1 Å². The molecule has 1 saturated heterocycles. The molecule has 0 aromatic carbocycles. The molecule has 0 spiro atoms. The van der Waals surface area contributed by atoms with Gasteiger partial charge in [-0.25, -0.2) is 0 Å². The largest absolute Gasteiger partial charge is 0.340 e. The number of likely N-dealkylation sites (N-methyl/N-ethyl adjacent to an activating group) is 1. The van der Waals surface area contributed by atoms with Crippen molar-refractivity contribution in [1.82, 2.24) is 10.2 Å². The Morgan fingerprint density at radius 1 is 1.46 bits per heavy atom. The van der Waals surface area contributed by atoms with Crippen LogP contribution < -0.4 is 5.32 Å². The lowest BCUT2D eigenvalue weighted by molar-refractivity contribution is -0.134. The lowest BCUT2D eigenvalue weighted by Crippen LogP contribution is -2.57. The van der Waals surface area contributed by atoms with Crippen molar-refractivity contribution in [2.75, 3.05) is 20.1 Å². The van der Waals surface area contributed by atoms with E-state index in [4.69, 9.17) is 0 Å². The van der Waals surface area contributed by atoms with Crippen molar-refractivity contribution in [1.29, 1.82) is 0 Å². The summed E-state index contributed by atoms with van der Waals surface area (Å²) < 4.78 is 0. The van der Waals surface area contributed by atoms with E-state index in [0.29, 0.717) is 12.5 Å². The third kappa shape index (κ3) is 2.99. The molecule has 1 fully saturated rings. The highest BCUT2D eigenvalue weighted by Crippen LogP contribution is 2.20. The van der Waals surface area contributed by atoms with Crippen LogP contribution in [0, 0.1) is 5.41 Å². The first kappa shape index (κ1) is 10.5. The van der Waals surface area contributed by atoms with Crippen molar-refractivity contribution in [2.24, 2.45) is 5.41 Å². The Balaban J connectivity index is 2.38. The van der Waals surface area contributed by atoms with Gasteiger partial charge in [0.2, 0.25) is 5.91 Å². The van der Waals surface area contributed by atoms with Crippen LogP contribution in [-0.2, 0) is 4.79 Å². The molecule has 3 heteroatoms. The van der Waals surface area contributed by atoms with Crippen LogP contribution >= 0.6 is 0 Å². The van der Waals surface area contributed by atoms with E-state index in [1.165, 1.54) is 0 Å². The second-order valence-electron chi connectivity index (χ2n) is 5.05. The zero-order valence-electron chi connectivity index (χ0n) is 9.05. The quantitative estimate of drug-likeness (QED) is 0.690. The van der Waals surface area contributed by atoms with E-state index in [1.807, 2.05) is 11.9 Å². The Kier molecular flexibility index (Phi) is 2.96. The van der Waals surface area contributed by atoms with E-state index in [-0.39, 0.29) is 11.3 Å². The van der Waals surface area contributed by atoms with E-state index >= 15 is 0 Å². The number of carbonyl (C=O) groups is 1. The fourth-order valence-electron chi connectivity index (χ4n) is 1.33. The highest BCUT2D eigenvalue weighted by Gasteiger charge is 2.27. The molecule has 0 bridgehead atoms. The average molecular weight is 184 g/mol. The van der Waals surface area contributed by atoms with Gasteiger partial charge in [0, 0.05) is 26.6 Å². The molecular weight excluding hydrogens is 164 g/mol. The second-order valence-corrected chi connectivity index (χ2v) is 5.05. The van der Waals surface area contributed by atoms with Gasteiger partial charge in [0.15, 0.2) is 0 Å². The molecule has 0 aliphatic carbocycles. The predicted octanol–water partition coefficient (Wildman–Crippen LogP) is 0.853. The molecule has 0 unspecified atom stereocenters. The predicted molar refractivity (Wildman–Crippen MR) is 53.5 cm³/mol. The fourth-order valence-corrected chi connectivity index (χ4v) is 1.33. The van der Waals surface area contributed by atoms with Crippen LogP contribution in [0.25, 0.3) is 0 Å². The van der Waals surface area contributed by atoms with E-state index < -0.39 is 0 Å². The molecule has 3 nitrogen and oxygen atoms in total. The Bertz CT molecular complexity index is 192. The molecule has 0 radical (unpaired) electrons. The Morgan fingerprint density at radius 2 is 2.00 bits per heavy atom. The maximum atomic E-state index is 11.7. The van der Waals surface area contributed by atoms with Crippen LogP contribution in [0.15, 0.2) is 0 Å². The molecule has 0 saturated carbocycles. The number of amides is 1. The lowest BCUT2D eigenvalue weighted by atomic mass is 9.91. The SMILES string of the molecule is CN(C(=O)CC(C)(C)C)C1CNC1. The Morgan fingerprint density at radius 3 is 2.31 bits per heavy atom. The number of hydrogen-bond acceptors (Lipinski definition) is 2. The van der Waals surface area contributed by atoms with Crippen molar-refractivity contribution in [3.05, 3.63) is 0 Å². The molecule has 1 N–H and O–H groups in total. The van der Waals surface area contributed by atoms with Crippen molar-refractivity contribution in [3.8, 4) is 0 Å². The minimum Gasteiger partial charge on any atom is -0.340 e. The van der Waals surface area contributed by atoms with E-state index in [2.05, 4.69) is 26.1 Å². The third-order valence-electron chi connectivity index (χ3n) is 2.38. The molecule has 1 heterocycles. The normalized spacial score (nSPS) is 18.2. The van der Waals surface area contributed by atoms with Crippen molar-refractivity contribution in [2.45, 2.75) is 33.2 Å². The molecular formula is C10H20N2O. The lowest BCUT2D eigenvalue weighted by Gasteiger charge is -2.36. The van der Waals surface area contributed by atoms with Gasteiger partial charge < -0.3 is 10.2 Å². The van der Waals surface area contributed by atoms with Gasteiger partial charge in [-0.2, -0.15) is 0 Å². The van der Waals surface area contributed by atoms with Crippen LogP contribution in [0.4, 0.5) is 0 Å². The standard InChI is InChI=1S/C10H20N2O/c1-10(2,3)5-9(13)12(4)8-6-11-7-8/h8,11H,5-7H2,1-4H3. The van der Waals surface area contributed by atoms with Gasteiger partial charge in [-0.3, -0.25) is 4.79 Å². The summed E-state index contributed by atoms with van der Waals surface area (Å²) in [4.78, 5) is 13.6. The number of nitrogens with one attached hydrogen (secondary N) is 1. The van der Waals surface area contributed by atoms with Gasteiger partial charge in [0.1, 0.15) is 0 Å². The third-order valence-corrected chi connectivity index (χ3v) is 2.38. The van der Waals surface area contributed by atoms with Gasteiger partial charge in [-0.15, -0.1) is 0 Å². The van der Waals surface area contributed by atoms with Crippen molar-refractivity contribution < 1.29 is 4.79 Å². The van der Waals surface area contributed by atoms with Crippen LogP contribution in [0.3, 0.4) is 0 Å². The molecule has 0 aromatic heterocycles. The summed E-state index contributed by atoms with van der Waals surface area (Å²) in [5.74, 6) is 0.263. The first-order valence-electron chi connectivity index (χ1n) is 4.86. The summed E-state index contributed by atoms with van der Waals surface area (Å²) in [6.45, 7) is 8.19. The molecule has 1 aliphatic rings. The summed E-state index contributed by atoms with van der Waals surface area (Å²) in [6.07, 6.45) is 0.639. The molecule has 13 heavy (non-hydrogen) atoms. The maximum Gasteiger partial charge on any atom is 0.223 e. The van der Waals surface area contributed by atoms with Gasteiger partial charge in [0.25, 0.3) is 0 Å². The number of nitrogens with zero attached hydrogens (tertiary/aromatic N) is 1. The van der Waals surface area contributed by atoms with E-state index in [1.54, 1.807) is 0 Å². The molecule has 76 valence electrons. The number of hydrogen-bond donors (Lipinski definition) is 1. The number of carbonyl (C=O) groups excluding carboxylic acids is 1. The Labute approximate surface area is 80.5 Å². The van der Waals surface area contributed by atoms with E-state index in [9.17, 15) is 4.79 Å². The van der Waals surface area contributed by atoms with Gasteiger partial charge in [0.05, 0.1) is 6.04 Å². The highest BCUT2D eigenvalue weighted by molar-refractivity contribution is 5.77. The molecule has 1 amide bonds. The van der Waals surface area contributed by atoms with Gasteiger partial charge in [-0.1, -0.05) is 20.8 Å². The topological polar surface area (TPSA) is 32.3 Å². The maximum absolute atomic E-state index is 11.7. The minimum atomic E-state index is 0.0997. The zero-order chi connectivity index (χ0) is 10.1. The molecule has 1 aliphatic heterocycles. The summed E-state index contributed by atoms with van der Waals surface area (Å²) >= 11 is 0. The minimum absolute atomic E-state index is 0.0997. The highest BCUT2D eigenvalue weighted by atomic mass is 16.2. The molecule has 1 rings (SSSR count). The monoisotopic (exact) mass is 184 g/mol. The van der Waals surface area contributed by atoms with Crippen LogP contribution in [0.2, 0.25) is 0 Å². The first-order chi connectivity index (χ1) is 5.90. The van der Waals surface area contributed by atoms with Crippen LogP contribution in [-0.4, -0.2) is 37.0 Å². The smallest absolute Gasteiger partial charge is 0.223 e. The average Bonchev–Trinajstić information content (AvgIpc) is 1.78. The van der Waals surface area contributed by atoms with Crippen molar-refractivity contribution >= 4 is 5.91 Å². The van der Waals surface area contributed by atoms with Gasteiger partial charge >= 0.3 is 0 Å². The second kappa shape index (κ2) is 3.66. The summed E-state index contributed by atoms with van der Waals surface area (Å²) in [5.41, 5.74) is 0.0997. The summed E-state index contributed by atoms with van der Waals surface area (Å²) in [7, 11) is 1.90. The van der Waals surface area contributed by atoms with Crippen molar-refractivity contribution in [3.63, 3.8) is 0 Å². The Hall–Kier alpha value is -0.570. The fraction of sp³-hybridized carbons (Fsp3) is 0.900. The molecule has 0 aromatic rings. The summed E-state index contributed by atoms with van der Waals surface area (Å²) in [5, 5.41) is 3.17. The number of rotatable bonds is 2.